The Morgan fingerprint density at radius 2 is 1.60 bits per heavy atom. The maximum Gasteiger partial charge on any atom is 0.251 e. The highest BCUT2D eigenvalue weighted by Crippen LogP contribution is 2.25. The second-order valence-electron chi connectivity index (χ2n) is 7.11. The lowest BCUT2D eigenvalue weighted by atomic mass is 10.1. The average Bonchev–Trinajstić information content (AvgIpc) is 3.24. The van der Waals surface area contributed by atoms with Crippen LogP contribution in [-0.4, -0.2) is 16.1 Å². The van der Waals surface area contributed by atoms with E-state index in [1.54, 1.807) is 36.4 Å². The van der Waals surface area contributed by atoms with Gasteiger partial charge in [-0.25, -0.2) is 4.39 Å². The number of carbonyl (C=O) groups excluding carboxylic acids is 1. The summed E-state index contributed by atoms with van der Waals surface area (Å²) in [5.41, 5.74) is 4.03. The van der Waals surface area contributed by atoms with E-state index in [0.29, 0.717) is 17.3 Å². The van der Waals surface area contributed by atoms with Gasteiger partial charge in [0.15, 0.2) is 0 Å². The highest BCUT2D eigenvalue weighted by molar-refractivity contribution is 5.94. The van der Waals surface area contributed by atoms with Crippen molar-refractivity contribution in [2.75, 3.05) is 0 Å². The van der Waals surface area contributed by atoms with Crippen molar-refractivity contribution in [1.29, 1.82) is 0 Å². The van der Waals surface area contributed by atoms with Crippen molar-refractivity contribution in [3.8, 4) is 22.9 Å². The molecule has 150 valence electrons. The molecule has 0 aliphatic heterocycles. The molecule has 0 aliphatic carbocycles. The van der Waals surface area contributed by atoms with E-state index in [2.05, 4.69) is 15.5 Å². The third-order valence-corrected chi connectivity index (χ3v) is 4.80. The lowest BCUT2D eigenvalue weighted by Crippen LogP contribution is -2.26. The van der Waals surface area contributed by atoms with Crippen LogP contribution in [0, 0.1) is 12.7 Å². The van der Waals surface area contributed by atoms with Gasteiger partial charge in [-0.3, -0.25) is 4.79 Å². The first-order chi connectivity index (χ1) is 14.5. The molecule has 1 heterocycles. The molecule has 0 saturated carbocycles. The molecule has 0 spiro atoms. The van der Waals surface area contributed by atoms with E-state index in [0.717, 1.165) is 22.3 Å². The van der Waals surface area contributed by atoms with E-state index >= 15 is 0 Å². The Hall–Kier alpha value is -3.80. The first-order valence-electron chi connectivity index (χ1n) is 9.57. The topological polar surface area (TPSA) is 68.0 Å². The normalized spacial score (nSPS) is 11.8. The molecular formula is C24H20FN3O2. The molecule has 5 nitrogen and oxygen atoms in total. The summed E-state index contributed by atoms with van der Waals surface area (Å²) in [6.07, 6.45) is 0. The number of nitrogens with one attached hydrogen (secondary N) is 1. The molecule has 30 heavy (non-hydrogen) atoms. The van der Waals surface area contributed by atoms with Crippen LogP contribution in [0.3, 0.4) is 0 Å². The van der Waals surface area contributed by atoms with Crippen molar-refractivity contribution < 1.29 is 13.6 Å². The molecule has 3 aromatic carbocycles. The average molecular weight is 401 g/mol. The maximum atomic E-state index is 13.1. The summed E-state index contributed by atoms with van der Waals surface area (Å²) >= 11 is 0. The fourth-order valence-corrected chi connectivity index (χ4v) is 3.11. The number of hydrogen-bond acceptors (Lipinski definition) is 4. The Morgan fingerprint density at radius 3 is 2.27 bits per heavy atom. The number of hydrogen-bond donors (Lipinski definition) is 1. The largest absolute Gasteiger partial charge is 0.416 e. The molecule has 4 aromatic rings. The molecule has 6 heteroatoms. The summed E-state index contributed by atoms with van der Waals surface area (Å²) in [6.45, 7) is 3.85. The standard InChI is InChI=1S/C24H20FN3O2/c1-15-4-3-5-20(14-15)24-28-27-23(30-24)19-8-6-18(7-9-19)22(29)26-16(2)17-10-12-21(25)13-11-17/h3-14,16H,1-2H3,(H,26,29). The fourth-order valence-electron chi connectivity index (χ4n) is 3.11. The van der Waals surface area contributed by atoms with Gasteiger partial charge in [-0.05, 0) is 67.9 Å². The lowest BCUT2D eigenvalue weighted by molar-refractivity contribution is 0.0940. The molecule has 1 unspecified atom stereocenters. The second kappa shape index (κ2) is 8.29. The van der Waals surface area contributed by atoms with E-state index in [4.69, 9.17) is 4.42 Å². The van der Waals surface area contributed by atoms with Crippen LogP contribution in [0.25, 0.3) is 22.9 Å². The van der Waals surface area contributed by atoms with E-state index in [9.17, 15) is 9.18 Å². The van der Waals surface area contributed by atoms with E-state index in [1.807, 2.05) is 38.1 Å². The first-order valence-corrected chi connectivity index (χ1v) is 9.57. The third kappa shape index (κ3) is 4.27. The molecule has 1 amide bonds. The summed E-state index contributed by atoms with van der Waals surface area (Å²) in [6, 6.07) is 20.6. The van der Waals surface area contributed by atoms with Crippen molar-refractivity contribution in [1.82, 2.24) is 15.5 Å². The van der Waals surface area contributed by atoms with Gasteiger partial charge in [-0.2, -0.15) is 0 Å². The highest BCUT2D eigenvalue weighted by atomic mass is 19.1. The minimum absolute atomic E-state index is 0.218. The van der Waals surface area contributed by atoms with E-state index < -0.39 is 0 Å². The van der Waals surface area contributed by atoms with Gasteiger partial charge in [-0.15, -0.1) is 10.2 Å². The smallest absolute Gasteiger partial charge is 0.251 e. The second-order valence-corrected chi connectivity index (χ2v) is 7.11. The molecule has 4 rings (SSSR count). The predicted molar refractivity (Wildman–Crippen MR) is 112 cm³/mol. The predicted octanol–water partition coefficient (Wildman–Crippen LogP) is 5.34. The van der Waals surface area contributed by atoms with Gasteiger partial charge in [0.25, 0.3) is 5.91 Å². The molecule has 0 radical (unpaired) electrons. The van der Waals surface area contributed by atoms with Crippen LogP contribution in [0.5, 0.6) is 0 Å². The molecule has 0 saturated heterocycles. The first kappa shape index (κ1) is 19.5. The van der Waals surface area contributed by atoms with Gasteiger partial charge in [-0.1, -0.05) is 29.8 Å². The fraction of sp³-hybridized carbons (Fsp3) is 0.125. The van der Waals surface area contributed by atoms with Crippen molar-refractivity contribution in [3.05, 3.63) is 95.3 Å². The molecule has 1 N–H and O–H groups in total. The number of nitrogens with zero attached hydrogens (tertiary/aromatic N) is 2. The summed E-state index contributed by atoms with van der Waals surface area (Å²) in [5.74, 6) is 0.311. The summed E-state index contributed by atoms with van der Waals surface area (Å²) < 4.78 is 18.9. The molecule has 0 aliphatic rings. The Balaban J connectivity index is 1.46. The van der Waals surface area contributed by atoms with Gasteiger partial charge in [0.1, 0.15) is 5.82 Å². The molecule has 0 bridgehead atoms. The molecular weight excluding hydrogens is 381 g/mol. The van der Waals surface area contributed by atoms with Crippen molar-refractivity contribution in [2.24, 2.45) is 0 Å². The third-order valence-electron chi connectivity index (χ3n) is 4.80. The zero-order chi connectivity index (χ0) is 21.1. The van der Waals surface area contributed by atoms with Crippen LogP contribution < -0.4 is 5.32 Å². The summed E-state index contributed by atoms with van der Waals surface area (Å²) in [5, 5.41) is 11.1. The Labute approximate surface area is 173 Å². The number of amides is 1. The van der Waals surface area contributed by atoms with Gasteiger partial charge in [0.2, 0.25) is 11.8 Å². The minimum atomic E-state index is -0.306. The monoisotopic (exact) mass is 401 g/mol. The van der Waals surface area contributed by atoms with Crippen LogP contribution in [0.4, 0.5) is 4.39 Å². The van der Waals surface area contributed by atoms with Crippen molar-refractivity contribution >= 4 is 5.91 Å². The minimum Gasteiger partial charge on any atom is -0.416 e. The Bertz CT molecular complexity index is 1170. The van der Waals surface area contributed by atoms with Crippen LogP contribution in [0.15, 0.2) is 77.2 Å². The zero-order valence-corrected chi connectivity index (χ0v) is 16.6. The van der Waals surface area contributed by atoms with Crippen LogP contribution in [0.1, 0.15) is 34.5 Å². The lowest BCUT2D eigenvalue weighted by Gasteiger charge is -2.14. The van der Waals surface area contributed by atoms with E-state index in [1.165, 1.54) is 12.1 Å². The number of carbonyl (C=O) groups is 1. The quantitative estimate of drug-likeness (QED) is 0.490. The molecule has 1 atom stereocenters. The highest BCUT2D eigenvalue weighted by Gasteiger charge is 2.14. The van der Waals surface area contributed by atoms with Gasteiger partial charge in [0, 0.05) is 16.7 Å². The number of halogens is 1. The molecule has 0 fully saturated rings. The number of aryl methyl sites for hydroxylation is 1. The maximum absolute atomic E-state index is 13.1. The number of benzene rings is 3. The van der Waals surface area contributed by atoms with Gasteiger partial charge < -0.3 is 9.73 Å². The zero-order valence-electron chi connectivity index (χ0n) is 16.6. The number of rotatable bonds is 5. The summed E-state index contributed by atoms with van der Waals surface area (Å²) in [7, 11) is 0. The van der Waals surface area contributed by atoms with Crippen LogP contribution in [0.2, 0.25) is 0 Å². The van der Waals surface area contributed by atoms with Crippen LogP contribution in [-0.2, 0) is 0 Å². The molecule has 1 aromatic heterocycles. The van der Waals surface area contributed by atoms with Crippen LogP contribution >= 0.6 is 0 Å². The van der Waals surface area contributed by atoms with Gasteiger partial charge >= 0.3 is 0 Å². The Morgan fingerprint density at radius 1 is 0.933 bits per heavy atom. The van der Waals surface area contributed by atoms with E-state index in [-0.39, 0.29) is 17.8 Å². The Kier molecular flexibility index (Phi) is 5.39. The van der Waals surface area contributed by atoms with Gasteiger partial charge in [0.05, 0.1) is 6.04 Å². The SMILES string of the molecule is Cc1cccc(-c2nnc(-c3ccc(C(=O)NC(C)c4ccc(F)cc4)cc3)o2)c1. The number of aromatic nitrogens is 2. The summed E-state index contributed by atoms with van der Waals surface area (Å²) in [4.78, 5) is 12.5. The van der Waals surface area contributed by atoms with Crippen molar-refractivity contribution in [2.45, 2.75) is 19.9 Å². The van der Waals surface area contributed by atoms with Crippen molar-refractivity contribution in [3.63, 3.8) is 0 Å².